The van der Waals surface area contributed by atoms with Gasteiger partial charge in [0, 0.05) is 18.1 Å². The lowest BCUT2D eigenvalue weighted by Gasteiger charge is -2.04. The Hall–Kier alpha value is -1.12. The summed E-state index contributed by atoms with van der Waals surface area (Å²) in [5, 5.41) is 1.79. The molecule has 3 N–H and O–H groups in total. The van der Waals surface area contributed by atoms with Gasteiger partial charge in [-0.2, -0.15) is 0 Å². The Morgan fingerprint density at radius 2 is 2.38 bits per heavy atom. The fraction of sp³-hybridized carbons (Fsp3) is 0.375. The molecule has 0 aliphatic heterocycles. The van der Waals surface area contributed by atoms with Crippen LogP contribution in [0.25, 0.3) is 4.96 Å². The number of nitrogens with one attached hydrogen (secondary N) is 1. The Balaban J connectivity index is 2.53. The number of rotatable bonds is 4. The second-order valence-electron chi connectivity index (χ2n) is 3.26. The maximum absolute atomic E-state index is 11.9. The quantitative estimate of drug-likeness (QED) is 0.845. The lowest BCUT2D eigenvalue weighted by Crippen LogP contribution is -2.26. The van der Waals surface area contributed by atoms with E-state index in [2.05, 4.69) is 9.71 Å². The fourth-order valence-electron chi connectivity index (χ4n) is 1.35. The van der Waals surface area contributed by atoms with Crippen LogP contribution in [-0.4, -0.2) is 24.3 Å². The predicted octanol–water partition coefficient (Wildman–Crippen LogP) is 0.666. The van der Waals surface area contributed by atoms with Gasteiger partial charge in [0.15, 0.2) is 15.8 Å². The largest absolute Gasteiger partial charge is 0.381 e. The third-order valence-corrected chi connectivity index (χ3v) is 4.30. The van der Waals surface area contributed by atoms with Crippen molar-refractivity contribution in [2.24, 2.45) is 0 Å². The van der Waals surface area contributed by atoms with Crippen molar-refractivity contribution in [2.45, 2.75) is 18.4 Å². The summed E-state index contributed by atoms with van der Waals surface area (Å²) in [6, 6.07) is 0. The zero-order chi connectivity index (χ0) is 11.8. The molecule has 2 rings (SSSR count). The molecule has 2 aromatic heterocycles. The van der Waals surface area contributed by atoms with Crippen LogP contribution in [0.2, 0.25) is 0 Å². The van der Waals surface area contributed by atoms with Crippen molar-refractivity contribution >= 4 is 32.1 Å². The van der Waals surface area contributed by atoms with E-state index >= 15 is 0 Å². The highest BCUT2D eigenvalue weighted by Crippen LogP contribution is 2.22. The van der Waals surface area contributed by atoms with Gasteiger partial charge in [0.05, 0.1) is 0 Å². The van der Waals surface area contributed by atoms with E-state index in [0.29, 0.717) is 11.5 Å². The Morgan fingerprint density at radius 1 is 1.62 bits per heavy atom. The molecule has 16 heavy (non-hydrogen) atoms. The molecule has 8 heteroatoms. The van der Waals surface area contributed by atoms with Gasteiger partial charge >= 0.3 is 0 Å². The standard InChI is InChI=1S/C8H12N4O2S2/c1-2-3-10-16(13,14)7-6(9)11-8-12(7)4-5-15-8/h4-5,10H,2-3,9H2,1H3. The van der Waals surface area contributed by atoms with Crippen LogP contribution in [0.5, 0.6) is 0 Å². The van der Waals surface area contributed by atoms with E-state index < -0.39 is 10.0 Å². The zero-order valence-corrected chi connectivity index (χ0v) is 10.3. The number of fused-ring (bicyclic) bond motifs is 1. The monoisotopic (exact) mass is 260 g/mol. The SMILES string of the molecule is CCCNS(=O)(=O)c1c(N)nc2sccn12. The molecular formula is C8H12N4O2S2. The molecule has 2 heterocycles. The van der Waals surface area contributed by atoms with Gasteiger partial charge in [-0.25, -0.2) is 18.1 Å². The van der Waals surface area contributed by atoms with Gasteiger partial charge < -0.3 is 5.73 Å². The van der Waals surface area contributed by atoms with Gasteiger partial charge in [0.2, 0.25) is 0 Å². The molecule has 0 atom stereocenters. The van der Waals surface area contributed by atoms with Crippen molar-refractivity contribution in [3.05, 3.63) is 11.6 Å². The van der Waals surface area contributed by atoms with E-state index in [1.54, 1.807) is 11.6 Å². The smallest absolute Gasteiger partial charge is 0.260 e. The number of anilines is 1. The molecule has 0 bridgehead atoms. The fourth-order valence-corrected chi connectivity index (χ4v) is 3.47. The van der Waals surface area contributed by atoms with Crippen LogP contribution in [-0.2, 0) is 10.0 Å². The van der Waals surface area contributed by atoms with Gasteiger partial charge in [-0.1, -0.05) is 6.92 Å². The number of nitrogen functional groups attached to an aromatic ring is 1. The summed E-state index contributed by atoms with van der Waals surface area (Å²) in [5.74, 6) is 0.0375. The van der Waals surface area contributed by atoms with Crippen LogP contribution < -0.4 is 10.5 Å². The van der Waals surface area contributed by atoms with Gasteiger partial charge in [0.25, 0.3) is 10.0 Å². The summed E-state index contributed by atoms with van der Waals surface area (Å²) in [6.07, 6.45) is 2.37. The summed E-state index contributed by atoms with van der Waals surface area (Å²) in [7, 11) is -3.57. The van der Waals surface area contributed by atoms with E-state index in [0.717, 1.165) is 6.42 Å². The Kier molecular flexibility index (Phi) is 2.87. The maximum Gasteiger partial charge on any atom is 0.260 e. The van der Waals surface area contributed by atoms with Crippen molar-refractivity contribution < 1.29 is 8.42 Å². The Labute approximate surface area is 97.2 Å². The summed E-state index contributed by atoms with van der Waals surface area (Å²) < 4.78 is 27.8. The number of aromatic nitrogens is 2. The van der Waals surface area contributed by atoms with Crippen LogP contribution >= 0.6 is 11.3 Å². The van der Waals surface area contributed by atoms with E-state index in [-0.39, 0.29) is 10.8 Å². The minimum atomic E-state index is -3.57. The first-order valence-electron chi connectivity index (χ1n) is 4.77. The van der Waals surface area contributed by atoms with Crippen molar-refractivity contribution in [1.82, 2.24) is 14.1 Å². The summed E-state index contributed by atoms with van der Waals surface area (Å²) >= 11 is 1.34. The second kappa shape index (κ2) is 4.04. The van der Waals surface area contributed by atoms with Crippen LogP contribution in [0.4, 0.5) is 5.82 Å². The molecule has 2 aromatic rings. The van der Waals surface area contributed by atoms with Crippen molar-refractivity contribution in [2.75, 3.05) is 12.3 Å². The molecule has 88 valence electrons. The van der Waals surface area contributed by atoms with E-state index in [4.69, 9.17) is 5.73 Å². The molecule has 0 spiro atoms. The third-order valence-electron chi connectivity index (χ3n) is 2.04. The first-order valence-corrected chi connectivity index (χ1v) is 7.13. The first kappa shape index (κ1) is 11.4. The molecule has 0 unspecified atom stereocenters. The van der Waals surface area contributed by atoms with Crippen molar-refractivity contribution in [3.63, 3.8) is 0 Å². The molecular weight excluding hydrogens is 248 g/mol. The number of nitrogens with zero attached hydrogens (tertiary/aromatic N) is 2. The average molecular weight is 260 g/mol. The average Bonchev–Trinajstić information content (AvgIpc) is 2.73. The van der Waals surface area contributed by atoms with Gasteiger partial charge in [-0.15, -0.1) is 11.3 Å². The minimum absolute atomic E-state index is 0.0252. The highest BCUT2D eigenvalue weighted by atomic mass is 32.2. The summed E-state index contributed by atoms with van der Waals surface area (Å²) in [5.41, 5.74) is 5.61. The normalized spacial score (nSPS) is 12.3. The molecule has 0 aliphatic rings. The van der Waals surface area contributed by atoms with Crippen LogP contribution in [0.3, 0.4) is 0 Å². The van der Waals surface area contributed by atoms with E-state index in [1.807, 2.05) is 6.92 Å². The molecule has 0 aliphatic carbocycles. The maximum atomic E-state index is 11.9. The lowest BCUT2D eigenvalue weighted by molar-refractivity contribution is 0.576. The van der Waals surface area contributed by atoms with Crippen LogP contribution in [0.1, 0.15) is 13.3 Å². The van der Waals surface area contributed by atoms with Gasteiger partial charge in [-0.05, 0) is 6.42 Å². The van der Waals surface area contributed by atoms with E-state index in [9.17, 15) is 8.42 Å². The second-order valence-corrected chi connectivity index (χ2v) is 5.81. The van der Waals surface area contributed by atoms with E-state index in [1.165, 1.54) is 15.7 Å². The van der Waals surface area contributed by atoms with Crippen molar-refractivity contribution in [3.8, 4) is 0 Å². The molecule has 6 nitrogen and oxygen atoms in total. The minimum Gasteiger partial charge on any atom is -0.381 e. The first-order chi connectivity index (χ1) is 7.56. The van der Waals surface area contributed by atoms with Crippen LogP contribution in [0, 0.1) is 0 Å². The number of hydrogen-bond acceptors (Lipinski definition) is 5. The predicted molar refractivity (Wildman–Crippen MR) is 63.0 cm³/mol. The molecule has 0 aromatic carbocycles. The van der Waals surface area contributed by atoms with Gasteiger partial charge in [-0.3, -0.25) is 4.40 Å². The Morgan fingerprint density at radius 3 is 3.06 bits per heavy atom. The summed E-state index contributed by atoms with van der Waals surface area (Å²) in [4.78, 5) is 4.57. The number of thiazole rings is 1. The summed E-state index contributed by atoms with van der Waals surface area (Å²) in [6.45, 7) is 2.28. The number of sulfonamides is 1. The highest BCUT2D eigenvalue weighted by Gasteiger charge is 2.23. The number of hydrogen-bond donors (Lipinski definition) is 2. The molecule has 0 saturated carbocycles. The third kappa shape index (κ3) is 1.79. The zero-order valence-electron chi connectivity index (χ0n) is 8.67. The molecule has 0 radical (unpaired) electrons. The van der Waals surface area contributed by atoms with Crippen molar-refractivity contribution in [1.29, 1.82) is 0 Å². The van der Waals surface area contributed by atoms with Gasteiger partial charge in [0.1, 0.15) is 0 Å². The lowest BCUT2D eigenvalue weighted by atomic mass is 10.5. The number of nitrogens with two attached hydrogens (primary N) is 1. The molecule has 0 amide bonds. The molecule has 0 fully saturated rings. The highest BCUT2D eigenvalue weighted by molar-refractivity contribution is 7.89. The topological polar surface area (TPSA) is 89.5 Å². The molecule has 0 saturated heterocycles. The Bertz CT molecular complexity index is 599. The number of imidazole rings is 1. The van der Waals surface area contributed by atoms with Crippen LogP contribution in [0.15, 0.2) is 16.6 Å².